The maximum absolute atomic E-state index is 9.64. The lowest BCUT2D eigenvalue weighted by Crippen LogP contribution is -2.60. The summed E-state index contributed by atoms with van der Waals surface area (Å²) in [5.74, 6) is 0. The third kappa shape index (κ3) is 1.94. The van der Waals surface area contributed by atoms with Crippen molar-refractivity contribution in [1.29, 1.82) is 0 Å². The van der Waals surface area contributed by atoms with Gasteiger partial charge in [-0.25, -0.2) is 4.98 Å². The van der Waals surface area contributed by atoms with E-state index in [1.165, 1.54) is 0 Å². The fourth-order valence-electron chi connectivity index (χ4n) is 2.01. The van der Waals surface area contributed by atoms with Crippen LogP contribution in [0.25, 0.3) is 0 Å². The molecule has 1 aliphatic carbocycles. The van der Waals surface area contributed by atoms with E-state index < -0.39 is 0 Å². The van der Waals surface area contributed by atoms with Crippen molar-refractivity contribution in [2.75, 3.05) is 0 Å². The van der Waals surface area contributed by atoms with Crippen LogP contribution in [0.15, 0.2) is 10.9 Å². The molecule has 1 saturated carbocycles. The van der Waals surface area contributed by atoms with Crippen LogP contribution in [0.2, 0.25) is 0 Å². The first-order valence-corrected chi connectivity index (χ1v) is 6.28. The number of thiazole rings is 1. The van der Waals surface area contributed by atoms with E-state index in [1.54, 1.807) is 11.3 Å². The van der Waals surface area contributed by atoms with Crippen molar-refractivity contribution in [3.63, 3.8) is 0 Å². The van der Waals surface area contributed by atoms with E-state index >= 15 is 0 Å². The summed E-state index contributed by atoms with van der Waals surface area (Å²) in [6, 6.07) is 0.664. The fourth-order valence-corrected chi connectivity index (χ4v) is 2.66. The lowest BCUT2D eigenvalue weighted by atomic mass is 9.64. The smallest absolute Gasteiger partial charge is 0.0795 e. The van der Waals surface area contributed by atoms with E-state index in [4.69, 9.17) is 0 Å². The van der Waals surface area contributed by atoms with Gasteiger partial charge in [0.15, 0.2) is 0 Å². The lowest BCUT2D eigenvalue weighted by Gasteiger charge is -2.50. The van der Waals surface area contributed by atoms with Crippen LogP contribution >= 0.6 is 11.3 Å². The van der Waals surface area contributed by atoms with Gasteiger partial charge in [-0.1, -0.05) is 13.8 Å². The summed E-state index contributed by atoms with van der Waals surface area (Å²) < 4.78 is 0. The molecule has 0 radical (unpaired) electrons. The average molecular weight is 226 g/mol. The van der Waals surface area contributed by atoms with E-state index in [0.717, 1.165) is 12.1 Å². The first-order chi connectivity index (χ1) is 7.01. The Kier molecular flexibility index (Phi) is 2.83. The zero-order chi connectivity index (χ0) is 11.1. The van der Waals surface area contributed by atoms with Gasteiger partial charge in [-0.3, -0.25) is 0 Å². The number of nitrogens with zero attached hydrogens (tertiary/aromatic N) is 1. The summed E-state index contributed by atoms with van der Waals surface area (Å²) in [5.41, 5.74) is 2.94. The predicted octanol–water partition coefficient (Wildman–Crippen LogP) is 1.95. The van der Waals surface area contributed by atoms with Crippen LogP contribution in [-0.4, -0.2) is 22.2 Å². The first kappa shape index (κ1) is 11.0. The minimum atomic E-state index is -0.169. The van der Waals surface area contributed by atoms with Gasteiger partial charge in [-0.2, -0.15) is 0 Å². The topological polar surface area (TPSA) is 45.1 Å². The maximum Gasteiger partial charge on any atom is 0.0795 e. The Balaban J connectivity index is 1.94. The average Bonchev–Trinajstić information content (AvgIpc) is 2.70. The van der Waals surface area contributed by atoms with Crippen LogP contribution in [0.5, 0.6) is 0 Å². The van der Waals surface area contributed by atoms with E-state index in [1.807, 2.05) is 5.51 Å². The monoisotopic (exact) mass is 226 g/mol. The molecule has 84 valence electrons. The van der Waals surface area contributed by atoms with Gasteiger partial charge in [-0.05, 0) is 13.3 Å². The highest BCUT2D eigenvalue weighted by atomic mass is 32.1. The molecule has 2 N–H and O–H groups in total. The SMILES string of the molecule is CC(NC1CC(O)C1(C)C)c1cscn1. The van der Waals surface area contributed by atoms with Crippen molar-refractivity contribution in [1.82, 2.24) is 10.3 Å². The zero-order valence-corrected chi connectivity index (χ0v) is 10.2. The molecule has 1 aromatic heterocycles. The molecule has 1 heterocycles. The van der Waals surface area contributed by atoms with Crippen LogP contribution in [0.3, 0.4) is 0 Å². The molecular formula is C11H18N2OS. The highest BCUT2D eigenvalue weighted by Gasteiger charge is 2.47. The van der Waals surface area contributed by atoms with Crippen molar-refractivity contribution in [2.24, 2.45) is 5.41 Å². The first-order valence-electron chi connectivity index (χ1n) is 5.34. The summed E-state index contributed by atoms with van der Waals surface area (Å²) >= 11 is 1.62. The molecule has 0 spiro atoms. The standard InChI is InChI=1S/C11H18N2OS/c1-7(8-5-15-6-12-8)13-9-4-10(14)11(9,2)3/h5-7,9-10,13-14H,4H2,1-3H3. The Morgan fingerprint density at radius 1 is 1.67 bits per heavy atom. The molecule has 0 saturated heterocycles. The van der Waals surface area contributed by atoms with E-state index in [-0.39, 0.29) is 17.6 Å². The second-order valence-electron chi connectivity index (χ2n) is 4.93. The zero-order valence-electron chi connectivity index (χ0n) is 9.40. The molecule has 3 atom stereocenters. The predicted molar refractivity (Wildman–Crippen MR) is 61.9 cm³/mol. The van der Waals surface area contributed by atoms with Crippen LogP contribution in [0.1, 0.15) is 38.9 Å². The van der Waals surface area contributed by atoms with Gasteiger partial charge in [-0.15, -0.1) is 11.3 Å². The Hall–Kier alpha value is -0.450. The van der Waals surface area contributed by atoms with Gasteiger partial charge in [0, 0.05) is 22.9 Å². The molecule has 0 bridgehead atoms. The number of aromatic nitrogens is 1. The van der Waals surface area contributed by atoms with Crippen molar-refractivity contribution in [3.8, 4) is 0 Å². The number of nitrogens with one attached hydrogen (secondary N) is 1. The molecule has 3 unspecified atom stereocenters. The van der Waals surface area contributed by atoms with Gasteiger partial charge in [0.2, 0.25) is 0 Å². The molecule has 4 heteroatoms. The number of hydrogen-bond donors (Lipinski definition) is 2. The Labute approximate surface area is 94.5 Å². The molecule has 1 aromatic rings. The summed E-state index contributed by atoms with van der Waals surface area (Å²) in [7, 11) is 0. The van der Waals surface area contributed by atoms with Crippen molar-refractivity contribution < 1.29 is 5.11 Å². The molecular weight excluding hydrogens is 208 g/mol. The highest BCUT2D eigenvalue weighted by molar-refractivity contribution is 7.07. The van der Waals surface area contributed by atoms with Gasteiger partial charge in [0.05, 0.1) is 17.3 Å². The number of hydrogen-bond acceptors (Lipinski definition) is 4. The molecule has 15 heavy (non-hydrogen) atoms. The molecule has 1 fully saturated rings. The van der Waals surface area contributed by atoms with E-state index in [2.05, 4.69) is 36.5 Å². The summed E-state index contributed by atoms with van der Waals surface area (Å²) in [5, 5.41) is 15.2. The van der Waals surface area contributed by atoms with Crippen LogP contribution in [0, 0.1) is 5.41 Å². The minimum Gasteiger partial charge on any atom is -0.392 e. The Morgan fingerprint density at radius 2 is 2.40 bits per heavy atom. The Morgan fingerprint density at radius 3 is 2.87 bits per heavy atom. The Bertz CT molecular complexity index is 323. The molecule has 0 amide bonds. The summed E-state index contributed by atoms with van der Waals surface area (Å²) in [6.45, 7) is 6.33. The molecule has 0 aromatic carbocycles. The summed E-state index contributed by atoms with van der Waals surface area (Å²) in [6.07, 6.45) is 0.680. The van der Waals surface area contributed by atoms with Gasteiger partial charge < -0.3 is 10.4 Å². The fraction of sp³-hybridized carbons (Fsp3) is 0.727. The van der Waals surface area contributed by atoms with Crippen molar-refractivity contribution in [3.05, 3.63) is 16.6 Å². The van der Waals surface area contributed by atoms with Crippen LogP contribution in [-0.2, 0) is 0 Å². The van der Waals surface area contributed by atoms with Crippen molar-refractivity contribution in [2.45, 2.75) is 45.4 Å². The minimum absolute atomic E-state index is 0.00964. The third-order valence-electron chi connectivity index (χ3n) is 3.56. The third-order valence-corrected chi connectivity index (χ3v) is 4.17. The van der Waals surface area contributed by atoms with Gasteiger partial charge in [0.25, 0.3) is 0 Å². The summed E-state index contributed by atoms with van der Waals surface area (Å²) in [4.78, 5) is 4.29. The van der Waals surface area contributed by atoms with E-state index in [0.29, 0.717) is 6.04 Å². The number of aliphatic hydroxyl groups is 1. The van der Waals surface area contributed by atoms with Crippen LogP contribution in [0.4, 0.5) is 0 Å². The largest absolute Gasteiger partial charge is 0.392 e. The molecule has 0 aliphatic heterocycles. The molecule has 1 aliphatic rings. The second kappa shape index (κ2) is 3.85. The van der Waals surface area contributed by atoms with Crippen LogP contribution < -0.4 is 5.32 Å². The lowest BCUT2D eigenvalue weighted by molar-refractivity contribution is -0.0755. The van der Waals surface area contributed by atoms with Gasteiger partial charge in [0.1, 0.15) is 0 Å². The number of rotatable bonds is 3. The van der Waals surface area contributed by atoms with Crippen molar-refractivity contribution >= 4 is 11.3 Å². The molecule has 3 nitrogen and oxygen atoms in total. The second-order valence-corrected chi connectivity index (χ2v) is 5.65. The van der Waals surface area contributed by atoms with Gasteiger partial charge >= 0.3 is 0 Å². The molecule has 2 rings (SSSR count). The quantitative estimate of drug-likeness (QED) is 0.828. The normalized spacial score (nSPS) is 30.9. The highest BCUT2D eigenvalue weighted by Crippen LogP contribution is 2.41. The maximum atomic E-state index is 9.64. The van der Waals surface area contributed by atoms with E-state index in [9.17, 15) is 5.11 Å². The number of aliphatic hydroxyl groups excluding tert-OH is 1.